The van der Waals surface area contributed by atoms with Gasteiger partial charge in [0.15, 0.2) is 0 Å². The number of hydrogen-bond acceptors (Lipinski definition) is 4. The SMILES string of the molecule is N#CCC(=O)Nc1ccc2nc(-c3cccnc3)[nH]c2c1. The Bertz CT molecular complexity index is 832. The molecule has 102 valence electrons. The molecule has 0 fully saturated rings. The van der Waals surface area contributed by atoms with Crippen LogP contribution in [0.25, 0.3) is 22.4 Å². The summed E-state index contributed by atoms with van der Waals surface area (Å²) in [6.45, 7) is 0. The van der Waals surface area contributed by atoms with Crippen molar-refractivity contribution >= 4 is 22.6 Å². The Morgan fingerprint density at radius 3 is 3.05 bits per heavy atom. The van der Waals surface area contributed by atoms with Crippen LogP contribution in [0.2, 0.25) is 0 Å². The molecule has 2 heterocycles. The van der Waals surface area contributed by atoms with Crippen molar-refractivity contribution in [2.45, 2.75) is 6.42 Å². The van der Waals surface area contributed by atoms with E-state index in [2.05, 4.69) is 20.3 Å². The van der Waals surface area contributed by atoms with E-state index in [1.807, 2.05) is 24.3 Å². The van der Waals surface area contributed by atoms with E-state index in [1.54, 1.807) is 24.5 Å². The number of pyridine rings is 1. The molecular formula is C15H11N5O. The molecule has 0 atom stereocenters. The van der Waals surface area contributed by atoms with Gasteiger partial charge in [-0.3, -0.25) is 9.78 Å². The van der Waals surface area contributed by atoms with Crippen LogP contribution < -0.4 is 5.32 Å². The van der Waals surface area contributed by atoms with Gasteiger partial charge in [-0.05, 0) is 30.3 Å². The molecule has 0 radical (unpaired) electrons. The molecule has 0 unspecified atom stereocenters. The number of imidazole rings is 1. The quantitative estimate of drug-likeness (QED) is 0.768. The Morgan fingerprint density at radius 1 is 1.38 bits per heavy atom. The molecule has 0 saturated carbocycles. The lowest BCUT2D eigenvalue weighted by Crippen LogP contribution is -2.09. The standard InChI is InChI=1S/C15H11N5O/c16-6-5-14(21)18-11-3-4-12-13(8-11)20-15(19-12)10-2-1-7-17-9-10/h1-4,7-9H,5H2,(H,18,21)(H,19,20). The lowest BCUT2D eigenvalue weighted by Gasteiger charge is -2.01. The van der Waals surface area contributed by atoms with Crippen molar-refractivity contribution in [1.29, 1.82) is 5.26 Å². The molecule has 3 rings (SSSR count). The first-order valence-corrected chi connectivity index (χ1v) is 6.33. The molecular weight excluding hydrogens is 266 g/mol. The fourth-order valence-electron chi connectivity index (χ4n) is 2.00. The molecule has 2 aromatic heterocycles. The molecule has 0 bridgehead atoms. The highest BCUT2D eigenvalue weighted by molar-refractivity contribution is 5.94. The number of aromatic amines is 1. The van der Waals surface area contributed by atoms with E-state index in [0.29, 0.717) is 5.69 Å². The van der Waals surface area contributed by atoms with Crippen molar-refractivity contribution < 1.29 is 4.79 Å². The van der Waals surface area contributed by atoms with Crippen molar-refractivity contribution in [3.63, 3.8) is 0 Å². The van der Waals surface area contributed by atoms with Gasteiger partial charge in [-0.1, -0.05) is 0 Å². The molecule has 0 spiro atoms. The highest BCUT2D eigenvalue weighted by Crippen LogP contribution is 2.22. The number of aromatic nitrogens is 3. The second kappa shape index (κ2) is 5.43. The Balaban J connectivity index is 1.92. The number of benzene rings is 1. The first kappa shape index (κ1) is 12.8. The summed E-state index contributed by atoms with van der Waals surface area (Å²) in [5.41, 5.74) is 3.13. The molecule has 21 heavy (non-hydrogen) atoms. The zero-order valence-electron chi connectivity index (χ0n) is 11.0. The van der Waals surface area contributed by atoms with Gasteiger partial charge in [0.1, 0.15) is 12.2 Å². The maximum absolute atomic E-state index is 11.4. The smallest absolute Gasteiger partial charge is 0.238 e. The minimum Gasteiger partial charge on any atom is -0.338 e. The van der Waals surface area contributed by atoms with Crippen molar-refractivity contribution in [2.24, 2.45) is 0 Å². The van der Waals surface area contributed by atoms with E-state index >= 15 is 0 Å². The van der Waals surface area contributed by atoms with Gasteiger partial charge in [-0.25, -0.2) is 4.98 Å². The van der Waals surface area contributed by atoms with E-state index in [9.17, 15) is 4.79 Å². The van der Waals surface area contributed by atoms with Crippen LogP contribution in [0.1, 0.15) is 6.42 Å². The first-order chi connectivity index (χ1) is 10.3. The zero-order valence-corrected chi connectivity index (χ0v) is 11.0. The van der Waals surface area contributed by atoms with Crippen LogP contribution in [0, 0.1) is 11.3 Å². The number of fused-ring (bicyclic) bond motifs is 1. The van der Waals surface area contributed by atoms with Crippen LogP contribution in [-0.4, -0.2) is 20.9 Å². The number of carbonyl (C=O) groups is 1. The van der Waals surface area contributed by atoms with Crippen LogP contribution in [0.3, 0.4) is 0 Å². The van der Waals surface area contributed by atoms with E-state index < -0.39 is 0 Å². The van der Waals surface area contributed by atoms with Gasteiger partial charge >= 0.3 is 0 Å². The van der Waals surface area contributed by atoms with Crippen LogP contribution in [0.5, 0.6) is 0 Å². The van der Waals surface area contributed by atoms with Crippen LogP contribution in [0.4, 0.5) is 5.69 Å². The Labute approximate surface area is 120 Å². The summed E-state index contributed by atoms with van der Waals surface area (Å²) in [5.74, 6) is 0.391. The summed E-state index contributed by atoms with van der Waals surface area (Å²) in [6.07, 6.45) is 3.27. The molecule has 3 aromatic rings. The summed E-state index contributed by atoms with van der Waals surface area (Å²) in [5, 5.41) is 11.1. The molecule has 0 aliphatic heterocycles. The number of nitrogens with one attached hydrogen (secondary N) is 2. The number of anilines is 1. The summed E-state index contributed by atoms with van der Waals surface area (Å²) in [7, 11) is 0. The number of H-pyrrole nitrogens is 1. The fourth-order valence-corrected chi connectivity index (χ4v) is 2.00. The first-order valence-electron chi connectivity index (χ1n) is 6.33. The normalized spacial score (nSPS) is 10.2. The van der Waals surface area contributed by atoms with Crippen molar-refractivity contribution in [2.75, 3.05) is 5.32 Å². The van der Waals surface area contributed by atoms with Gasteiger partial charge in [0.25, 0.3) is 0 Å². The minimum absolute atomic E-state index is 0.165. The molecule has 1 aromatic carbocycles. The lowest BCUT2D eigenvalue weighted by molar-refractivity contribution is -0.115. The number of rotatable bonds is 3. The van der Waals surface area contributed by atoms with Gasteiger partial charge in [0, 0.05) is 23.6 Å². The van der Waals surface area contributed by atoms with Crippen LogP contribution in [-0.2, 0) is 4.79 Å². The number of nitriles is 1. The summed E-state index contributed by atoms with van der Waals surface area (Å²) in [4.78, 5) is 23.1. The zero-order chi connectivity index (χ0) is 14.7. The lowest BCUT2D eigenvalue weighted by atomic mass is 10.2. The third-order valence-electron chi connectivity index (χ3n) is 2.94. The summed E-state index contributed by atoms with van der Waals surface area (Å²) < 4.78 is 0. The van der Waals surface area contributed by atoms with Gasteiger partial charge in [-0.15, -0.1) is 0 Å². The molecule has 6 heteroatoms. The Kier molecular flexibility index (Phi) is 3.31. The average Bonchev–Trinajstić information content (AvgIpc) is 2.91. The van der Waals surface area contributed by atoms with E-state index in [-0.39, 0.29) is 12.3 Å². The number of nitrogens with zero attached hydrogens (tertiary/aromatic N) is 3. The van der Waals surface area contributed by atoms with Gasteiger partial charge in [0.05, 0.1) is 17.1 Å². The predicted octanol–water partition coefficient (Wildman–Crippen LogP) is 2.48. The highest BCUT2D eigenvalue weighted by Gasteiger charge is 2.07. The van der Waals surface area contributed by atoms with E-state index in [4.69, 9.17) is 5.26 Å². The molecule has 1 amide bonds. The number of carbonyl (C=O) groups excluding carboxylic acids is 1. The van der Waals surface area contributed by atoms with Gasteiger partial charge < -0.3 is 10.3 Å². The molecule has 0 saturated heterocycles. The summed E-state index contributed by atoms with van der Waals surface area (Å²) >= 11 is 0. The molecule has 0 aliphatic rings. The monoisotopic (exact) mass is 277 g/mol. The average molecular weight is 277 g/mol. The number of hydrogen-bond donors (Lipinski definition) is 2. The Morgan fingerprint density at radius 2 is 2.29 bits per heavy atom. The third-order valence-corrected chi connectivity index (χ3v) is 2.94. The highest BCUT2D eigenvalue weighted by atomic mass is 16.1. The molecule has 6 nitrogen and oxygen atoms in total. The topological polar surface area (TPSA) is 94.5 Å². The van der Waals surface area contributed by atoms with Gasteiger partial charge in [-0.2, -0.15) is 5.26 Å². The third kappa shape index (κ3) is 2.72. The van der Waals surface area contributed by atoms with E-state index in [1.165, 1.54) is 0 Å². The van der Waals surface area contributed by atoms with Crippen molar-refractivity contribution in [1.82, 2.24) is 15.0 Å². The second-order valence-electron chi connectivity index (χ2n) is 4.44. The molecule has 2 N–H and O–H groups in total. The van der Waals surface area contributed by atoms with Crippen LogP contribution in [0.15, 0.2) is 42.7 Å². The largest absolute Gasteiger partial charge is 0.338 e. The summed E-state index contributed by atoms with van der Waals surface area (Å²) in [6, 6.07) is 10.9. The van der Waals surface area contributed by atoms with Crippen molar-refractivity contribution in [3.8, 4) is 17.5 Å². The van der Waals surface area contributed by atoms with E-state index in [0.717, 1.165) is 22.4 Å². The fraction of sp³-hybridized carbons (Fsp3) is 0.0667. The number of amides is 1. The molecule has 0 aliphatic carbocycles. The van der Waals surface area contributed by atoms with Crippen LogP contribution >= 0.6 is 0 Å². The predicted molar refractivity (Wildman–Crippen MR) is 78.2 cm³/mol. The maximum Gasteiger partial charge on any atom is 0.238 e. The minimum atomic E-state index is -0.330. The maximum atomic E-state index is 11.4. The Hall–Kier alpha value is -3.20. The second-order valence-corrected chi connectivity index (χ2v) is 4.44. The van der Waals surface area contributed by atoms with Gasteiger partial charge in [0.2, 0.25) is 5.91 Å². The van der Waals surface area contributed by atoms with Crippen molar-refractivity contribution in [3.05, 3.63) is 42.7 Å².